The van der Waals surface area contributed by atoms with Gasteiger partial charge in [0, 0.05) is 6.04 Å². The van der Waals surface area contributed by atoms with Crippen molar-refractivity contribution >= 4 is 32.8 Å². The van der Waals surface area contributed by atoms with Crippen LogP contribution in [0, 0.1) is 5.92 Å². The summed E-state index contributed by atoms with van der Waals surface area (Å²) in [6.45, 7) is 4.25. The summed E-state index contributed by atoms with van der Waals surface area (Å²) >= 11 is 0.996. The Hall–Kier alpha value is -1.91. The molecule has 3 aromatic rings. The zero-order valence-electron chi connectivity index (χ0n) is 12.6. The number of benzene rings is 1. The van der Waals surface area contributed by atoms with Gasteiger partial charge in [0.1, 0.15) is 15.9 Å². The summed E-state index contributed by atoms with van der Waals surface area (Å²) in [5, 5.41) is 8.07. The first-order valence-corrected chi connectivity index (χ1v) is 9.26. The second-order valence-corrected chi connectivity index (χ2v) is 7.65. The smallest absolute Gasteiger partial charge is 0.207 e. The topological polar surface area (TPSA) is 103 Å². The van der Waals surface area contributed by atoms with Crippen LogP contribution in [0.3, 0.4) is 0 Å². The van der Waals surface area contributed by atoms with Crippen molar-refractivity contribution in [3.8, 4) is 0 Å². The number of aromatic nitrogens is 5. The normalized spacial score (nSPS) is 13.7. The van der Waals surface area contributed by atoms with E-state index in [9.17, 15) is 8.42 Å². The van der Waals surface area contributed by atoms with Crippen molar-refractivity contribution < 1.29 is 8.42 Å². The molecule has 0 aliphatic heterocycles. The van der Waals surface area contributed by atoms with Crippen LogP contribution in [0.2, 0.25) is 0 Å². The Bertz CT molecular complexity index is 888. The Balaban J connectivity index is 1.90. The highest BCUT2D eigenvalue weighted by Gasteiger charge is 2.26. The number of nitrogens with zero attached hydrogens (tertiary/aromatic N) is 5. The molecule has 0 saturated carbocycles. The summed E-state index contributed by atoms with van der Waals surface area (Å²) in [5.41, 5.74) is 0.970. The summed E-state index contributed by atoms with van der Waals surface area (Å²) in [7, 11) is -3.72. The highest BCUT2D eigenvalue weighted by atomic mass is 32.2. The van der Waals surface area contributed by atoms with Gasteiger partial charge in [0.2, 0.25) is 10.0 Å². The molecule has 1 atom stereocenters. The Labute approximate surface area is 137 Å². The van der Waals surface area contributed by atoms with Crippen molar-refractivity contribution in [2.75, 3.05) is 0 Å². The molecule has 0 aliphatic carbocycles. The highest BCUT2D eigenvalue weighted by molar-refractivity contribution is 7.89. The van der Waals surface area contributed by atoms with Crippen LogP contribution < -0.4 is 4.72 Å². The van der Waals surface area contributed by atoms with Crippen LogP contribution in [0.5, 0.6) is 0 Å². The molecule has 10 heteroatoms. The van der Waals surface area contributed by atoms with Crippen LogP contribution in [-0.4, -0.2) is 38.2 Å². The number of sulfonamides is 1. The van der Waals surface area contributed by atoms with E-state index in [2.05, 4.69) is 23.7 Å². The zero-order valence-corrected chi connectivity index (χ0v) is 14.3. The van der Waals surface area contributed by atoms with Crippen molar-refractivity contribution in [3.63, 3.8) is 0 Å². The minimum atomic E-state index is -3.72. The molecule has 1 unspecified atom stereocenters. The van der Waals surface area contributed by atoms with Gasteiger partial charge < -0.3 is 0 Å². The third-order valence-electron chi connectivity index (χ3n) is 3.48. The maximum atomic E-state index is 12.8. The lowest BCUT2D eigenvalue weighted by atomic mass is 10.1. The lowest BCUT2D eigenvalue weighted by molar-refractivity contribution is 0.361. The second kappa shape index (κ2) is 6.30. The molecule has 0 radical (unpaired) electrons. The molecule has 0 spiro atoms. The van der Waals surface area contributed by atoms with Crippen LogP contribution in [-0.2, 0) is 16.6 Å². The number of hydrogen-bond donors (Lipinski definition) is 1. The number of hydrogen-bond acceptors (Lipinski definition) is 7. The minimum Gasteiger partial charge on any atom is -0.207 e. The third-order valence-corrected chi connectivity index (χ3v) is 5.54. The fraction of sp³-hybridized carbons (Fsp3) is 0.385. The van der Waals surface area contributed by atoms with Crippen molar-refractivity contribution in [1.29, 1.82) is 0 Å². The standard InChI is InChI=1S/C13H16N6O2S2/c1-9(2)11(8-19-14-6-7-15-19)18-23(20,21)12-5-3-4-10-13(12)17-22-16-10/h3-7,9,11,18H,8H2,1-2H3. The van der Waals surface area contributed by atoms with E-state index in [1.807, 2.05) is 13.8 Å². The lowest BCUT2D eigenvalue weighted by Gasteiger charge is -2.21. The summed E-state index contributed by atoms with van der Waals surface area (Å²) in [4.78, 5) is 1.61. The van der Waals surface area contributed by atoms with E-state index in [1.165, 1.54) is 10.9 Å². The third kappa shape index (κ3) is 3.38. The van der Waals surface area contributed by atoms with Crippen LogP contribution in [0.1, 0.15) is 13.8 Å². The first kappa shape index (κ1) is 16.0. The van der Waals surface area contributed by atoms with Crippen molar-refractivity contribution in [1.82, 2.24) is 28.5 Å². The molecule has 0 amide bonds. The fourth-order valence-corrected chi connectivity index (χ4v) is 4.30. The monoisotopic (exact) mass is 352 g/mol. The van der Waals surface area contributed by atoms with Crippen molar-refractivity contribution in [3.05, 3.63) is 30.6 Å². The molecule has 1 aromatic carbocycles. The SMILES string of the molecule is CC(C)C(Cn1nccn1)NS(=O)(=O)c1cccc2nsnc12. The van der Waals surface area contributed by atoms with Crippen LogP contribution in [0.15, 0.2) is 35.5 Å². The number of nitrogens with one attached hydrogen (secondary N) is 1. The Morgan fingerprint density at radius 2 is 1.96 bits per heavy atom. The average molecular weight is 352 g/mol. The first-order valence-electron chi connectivity index (χ1n) is 7.05. The summed E-state index contributed by atoms with van der Waals surface area (Å²) < 4.78 is 36.4. The Morgan fingerprint density at radius 1 is 1.22 bits per heavy atom. The summed E-state index contributed by atoms with van der Waals surface area (Å²) in [5.74, 6) is 0.0727. The molecule has 2 heterocycles. The van der Waals surface area contributed by atoms with Crippen molar-refractivity contribution in [2.24, 2.45) is 5.92 Å². The van der Waals surface area contributed by atoms with E-state index < -0.39 is 10.0 Å². The molecule has 2 aromatic heterocycles. The molecule has 0 bridgehead atoms. The van der Waals surface area contributed by atoms with E-state index in [4.69, 9.17) is 0 Å². The molecule has 0 saturated heterocycles. The molecule has 122 valence electrons. The van der Waals surface area contributed by atoms with Gasteiger partial charge in [-0.1, -0.05) is 19.9 Å². The van der Waals surface area contributed by atoms with E-state index in [-0.39, 0.29) is 16.9 Å². The van der Waals surface area contributed by atoms with Crippen LogP contribution >= 0.6 is 11.7 Å². The molecular weight excluding hydrogens is 336 g/mol. The summed E-state index contributed by atoms with van der Waals surface area (Å²) in [6.07, 6.45) is 3.13. The number of rotatable bonds is 6. The van der Waals surface area contributed by atoms with Crippen molar-refractivity contribution in [2.45, 2.75) is 31.3 Å². The maximum Gasteiger partial charge on any atom is 0.243 e. The van der Waals surface area contributed by atoms with E-state index in [0.29, 0.717) is 17.6 Å². The van der Waals surface area contributed by atoms with E-state index in [0.717, 1.165) is 11.7 Å². The van der Waals surface area contributed by atoms with Gasteiger partial charge >= 0.3 is 0 Å². The van der Waals surface area contributed by atoms with Gasteiger partial charge in [-0.2, -0.15) is 23.7 Å². The molecule has 8 nitrogen and oxygen atoms in total. The van der Waals surface area contributed by atoms with Gasteiger partial charge in [-0.05, 0) is 18.1 Å². The predicted molar refractivity (Wildman–Crippen MR) is 86.4 cm³/mol. The Kier molecular flexibility index (Phi) is 4.37. The average Bonchev–Trinajstić information content (AvgIpc) is 3.16. The maximum absolute atomic E-state index is 12.8. The molecule has 1 N–H and O–H groups in total. The molecule has 0 aliphatic rings. The van der Waals surface area contributed by atoms with Gasteiger partial charge in [-0.25, -0.2) is 13.1 Å². The van der Waals surface area contributed by atoms with Crippen LogP contribution in [0.25, 0.3) is 11.0 Å². The molecule has 3 rings (SSSR count). The largest absolute Gasteiger partial charge is 0.243 e. The lowest BCUT2D eigenvalue weighted by Crippen LogP contribution is -2.42. The molecule has 0 fully saturated rings. The molecule has 23 heavy (non-hydrogen) atoms. The quantitative estimate of drug-likeness (QED) is 0.717. The van der Waals surface area contributed by atoms with E-state index in [1.54, 1.807) is 24.5 Å². The van der Waals surface area contributed by atoms with Crippen LogP contribution in [0.4, 0.5) is 0 Å². The van der Waals surface area contributed by atoms with Gasteiger partial charge in [-0.15, -0.1) is 0 Å². The first-order chi connectivity index (χ1) is 11.0. The van der Waals surface area contributed by atoms with Gasteiger partial charge in [0.15, 0.2) is 0 Å². The second-order valence-electron chi connectivity index (χ2n) is 5.44. The minimum absolute atomic E-state index is 0.0727. The van der Waals surface area contributed by atoms with Gasteiger partial charge in [0.25, 0.3) is 0 Å². The molecular formula is C13H16N6O2S2. The van der Waals surface area contributed by atoms with E-state index >= 15 is 0 Å². The highest BCUT2D eigenvalue weighted by Crippen LogP contribution is 2.22. The Morgan fingerprint density at radius 3 is 2.65 bits per heavy atom. The number of fused-ring (bicyclic) bond motifs is 1. The fourth-order valence-electron chi connectivity index (χ4n) is 2.16. The summed E-state index contributed by atoms with van der Waals surface area (Å²) in [6, 6.07) is 4.60. The van der Waals surface area contributed by atoms with Gasteiger partial charge in [-0.3, -0.25) is 0 Å². The zero-order chi connectivity index (χ0) is 16.4. The van der Waals surface area contributed by atoms with Gasteiger partial charge in [0.05, 0.1) is 30.7 Å². The predicted octanol–water partition coefficient (Wildman–Crippen LogP) is 1.29.